The van der Waals surface area contributed by atoms with Gasteiger partial charge in [0.2, 0.25) is 0 Å². The Morgan fingerprint density at radius 3 is 2.07 bits per heavy atom. The Hall–Kier alpha value is -0.220. The molecule has 0 aliphatic rings. The molecule has 0 heterocycles. The summed E-state index contributed by atoms with van der Waals surface area (Å²) in [5, 5.41) is 9.47. The van der Waals surface area contributed by atoms with Crippen LogP contribution in [0.1, 0.15) is 27.2 Å². The van der Waals surface area contributed by atoms with Crippen LogP contribution in [0.3, 0.4) is 0 Å². The lowest BCUT2D eigenvalue weighted by molar-refractivity contribution is -0.118. The molecule has 0 amide bonds. The van der Waals surface area contributed by atoms with Crippen LogP contribution in [0.5, 0.6) is 0 Å². The van der Waals surface area contributed by atoms with Crippen molar-refractivity contribution in [1.82, 2.24) is 0 Å². The zero-order chi connectivity index (χ0) is 11.2. The van der Waals surface area contributed by atoms with Crippen molar-refractivity contribution in [3.8, 4) is 0 Å². The van der Waals surface area contributed by atoms with Gasteiger partial charge in [0.05, 0.1) is 13.2 Å². The summed E-state index contributed by atoms with van der Waals surface area (Å²) < 4.78 is 21.5. The number of rotatable bonds is 7. The van der Waals surface area contributed by atoms with E-state index in [9.17, 15) is 14.5 Å². The lowest BCUT2D eigenvalue weighted by Crippen LogP contribution is -2.15. The highest BCUT2D eigenvalue weighted by Gasteiger charge is 2.34. The van der Waals surface area contributed by atoms with Crippen LogP contribution in [0, 0.1) is 0 Å². The normalized spacial score (nSPS) is 14.0. The molecule has 14 heavy (non-hydrogen) atoms. The Kier molecular flexibility index (Phi) is 6.20. The summed E-state index contributed by atoms with van der Waals surface area (Å²) >= 11 is 0. The molecule has 0 bridgehead atoms. The fraction of sp³-hybridized carbons (Fsp3) is 0.875. The van der Waals surface area contributed by atoms with Crippen LogP contribution in [0.2, 0.25) is 0 Å². The van der Waals surface area contributed by atoms with E-state index in [2.05, 4.69) is 0 Å². The van der Waals surface area contributed by atoms with E-state index in [0.29, 0.717) is 0 Å². The minimum Gasteiger partial charge on any atom is -0.380 e. The molecule has 0 spiro atoms. The van der Waals surface area contributed by atoms with Gasteiger partial charge in [-0.05, 0) is 20.8 Å². The minimum absolute atomic E-state index is 0.173. The molecule has 0 aromatic heterocycles. The second-order valence-corrected chi connectivity index (χ2v) is 4.95. The van der Waals surface area contributed by atoms with Gasteiger partial charge < -0.3 is 14.2 Å². The van der Waals surface area contributed by atoms with Gasteiger partial charge in [0.1, 0.15) is 5.78 Å². The third-order valence-corrected chi connectivity index (χ3v) is 3.60. The molecule has 5 nitrogen and oxygen atoms in total. The molecule has 6 heteroatoms. The average Bonchev–Trinajstić information content (AvgIpc) is 2.03. The summed E-state index contributed by atoms with van der Waals surface area (Å²) in [5.74, 6) is -1.61. The summed E-state index contributed by atoms with van der Waals surface area (Å²) in [4.78, 5) is 10.7. The first-order chi connectivity index (χ1) is 6.46. The highest BCUT2D eigenvalue weighted by Crippen LogP contribution is 2.52. The molecule has 0 aliphatic heterocycles. The molecule has 84 valence electrons. The lowest BCUT2D eigenvalue weighted by Gasteiger charge is -2.21. The Morgan fingerprint density at radius 2 is 1.79 bits per heavy atom. The first kappa shape index (κ1) is 13.8. The molecule has 0 rings (SSSR count). The topological polar surface area (TPSA) is 72.8 Å². The van der Waals surface area contributed by atoms with Crippen molar-refractivity contribution in [3.05, 3.63) is 0 Å². The molecule has 0 unspecified atom stereocenters. The van der Waals surface area contributed by atoms with Crippen molar-refractivity contribution in [2.45, 2.75) is 33.0 Å². The second kappa shape index (κ2) is 6.30. The number of carbonyl (C=O) groups is 1. The number of Topliss-reactive ketones (excluding diaryl/α,β-unsaturated/α-hetero) is 1. The molecular formula is C8H17O5P. The second-order valence-electron chi connectivity index (χ2n) is 2.76. The van der Waals surface area contributed by atoms with Crippen molar-refractivity contribution in [2.24, 2.45) is 0 Å². The van der Waals surface area contributed by atoms with Crippen LogP contribution in [0.25, 0.3) is 0 Å². The molecule has 1 atom stereocenters. The molecule has 0 radical (unpaired) electrons. The van der Waals surface area contributed by atoms with E-state index in [0.717, 1.165) is 0 Å². The Labute approximate surface area is 83.9 Å². The van der Waals surface area contributed by atoms with Gasteiger partial charge in [-0.25, -0.2) is 0 Å². The zero-order valence-corrected chi connectivity index (χ0v) is 9.62. The summed E-state index contributed by atoms with van der Waals surface area (Å²) in [6, 6.07) is 0. The fourth-order valence-electron chi connectivity index (χ4n) is 0.938. The number of carbonyl (C=O) groups excluding carboxylic acids is 1. The van der Waals surface area contributed by atoms with E-state index in [-0.39, 0.29) is 25.4 Å². The number of hydrogen-bond donors (Lipinski definition) is 1. The highest BCUT2D eigenvalue weighted by atomic mass is 31.2. The first-order valence-corrected chi connectivity index (χ1v) is 6.13. The maximum Gasteiger partial charge on any atom is 0.359 e. The zero-order valence-electron chi connectivity index (χ0n) is 8.73. The monoisotopic (exact) mass is 224 g/mol. The molecule has 0 aromatic rings. The molecule has 1 N–H and O–H groups in total. The van der Waals surface area contributed by atoms with Crippen molar-refractivity contribution in [3.63, 3.8) is 0 Å². The quantitative estimate of drug-likeness (QED) is 0.664. The van der Waals surface area contributed by atoms with Crippen LogP contribution < -0.4 is 0 Å². The lowest BCUT2D eigenvalue weighted by atomic mass is 10.3. The van der Waals surface area contributed by atoms with Gasteiger partial charge in [-0.2, -0.15) is 0 Å². The minimum atomic E-state index is -3.53. The third-order valence-electron chi connectivity index (χ3n) is 1.45. The summed E-state index contributed by atoms with van der Waals surface area (Å²) in [6.07, 6.45) is -0.211. The van der Waals surface area contributed by atoms with Gasteiger partial charge in [-0.1, -0.05) is 0 Å². The van der Waals surface area contributed by atoms with Crippen LogP contribution in [-0.2, 0) is 18.4 Å². The molecular weight excluding hydrogens is 207 g/mol. The Balaban J connectivity index is 4.46. The van der Waals surface area contributed by atoms with Crippen LogP contribution >= 0.6 is 7.60 Å². The number of ketones is 1. The summed E-state index contributed by atoms with van der Waals surface area (Å²) in [5.41, 5.74) is 0. The summed E-state index contributed by atoms with van der Waals surface area (Å²) in [6.45, 7) is 4.95. The third kappa shape index (κ3) is 4.33. The number of aliphatic hydroxyl groups is 1. The predicted molar refractivity (Wildman–Crippen MR) is 52.2 cm³/mol. The largest absolute Gasteiger partial charge is 0.380 e. The predicted octanol–water partition coefficient (Wildman–Crippen LogP) is 1.55. The SMILES string of the molecule is CCOP(=O)(OCC)[C@H](O)CC(C)=O. The first-order valence-electron chi connectivity index (χ1n) is 4.52. The number of hydrogen-bond acceptors (Lipinski definition) is 5. The highest BCUT2D eigenvalue weighted by molar-refractivity contribution is 7.54. The maximum atomic E-state index is 11.8. The Morgan fingerprint density at radius 1 is 1.36 bits per heavy atom. The van der Waals surface area contributed by atoms with Gasteiger partial charge in [0.25, 0.3) is 0 Å². The van der Waals surface area contributed by atoms with Crippen LogP contribution in [-0.4, -0.2) is 29.9 Å². The van der Waals surface area contributed by atoms with E-state index in [1.165, 1.54) is 6.92 Å². The maximum absolute atomic E-state index is 11.8. The van der Waals surface area contributed by atoms with Gasteiger partial charge in [-0.3, -0.25) is 9.36 Å². The molecule has 0 aliphatic carbocycles. The van der Waals surface area contributed by atoms with Crippen molar-refractivity contribution < 1.29 is 23.5 Å². The molecule has 0 fully saturated rings. The summed E-state index contributed by atoms with van der Waals surface area (Å²) in [7, 11) is -3.53. The molecule has 0 saturated heterocycles. The van der Waals surface area contributed by atoms with E-state index < -0.39 is 13.4 Å². The van der Waals surface area contributed by atoms with Gasteiger partial charge >= 0.3 is 7.60 Å². The van der Waals surface area contributed by atoms with Crippen molar-refractivity contribution in [2.75, 3.05) is 13.2 Å². The molecule has 0 aromatic carbocycles. The standard InChI is InChI=1S/C8H17O5P/c1-4-12-14(11,13-5-2)8(10)6-7(3)9/h8,10H,4-6H2,1-3H3/t8-/m0/s1. The van der Waals surface area contributed by atoms with E-state index >= 15 is 0 Å². The van der Waals surface area contributed by atoms with E-state index in [1.54, 1.807) is 13.8 Å². The van der Waals surface area contributed by atoms with Gasteiger partial charge in [0, 0.05) is 6.42 Å². The fourth-order valence-corrected chi connectivity index (χ4v) is 2.56. The smallest absolute Gasteiger partial charge is 0.359 e. The van der Waals surface area contributed by atoms with E-state index in [4.69, 9.17) is 9.05 Å². The van der Waals surface area contributed by atoms with Crippen molar-refractivity contribution in [1.29, 1.82) is 0 Å². The van der Waals surface area contributed by atoms with Crippen LogP contribution in [0.4, 0.5) is 0 Å². The van der Waals surface area contributed by atoms with E-state index in [1.807, 2.05) is 0 Å². The molecule has 0 saturated carbocycles. The van der Waals surface area contributed by atoms with Crippen molar-refractivity contribution >= 4 is 13.4 Å². The number of aliphatic hydroxyl groups excluding tert-OH is 1. The van der Waals surface area contributed by atoms with Gasteiger partial charge in [0.15, 0.2) is 5.85 Å². The van der Waals surface area contributed by atoms with Crippen LogP contribution in [0.15, 0.2) is 0 Å². The Bertz CT molecular complexity index is 218. The average molecular weight is 224 g/mol. The van der Waals surface area contributed by atoms with Gasteiger partial charge in [-0.15, -0.1) is 0 Å².